The van der Waals surface area contributed by atoms with Crippen LogP contribution in [0.15, 0.2) is 0 Å². The zero-order valence-electron chi connectivity index (χ0n) is 11.0. The molecule has 2 atom stereocenters. The van der Waals surface area contributed by atoms with Crippen LogP contribution < -0.4 is 5.32 Å². The van der Waals surface area contributed by atoms with Crippen LogP contribution >= 0.6 is 0 Å². The van der Waals surface area contributed by atoms with E-state index in [0.717, 1.165) is 12.8 Å². The van der Waals surface area contributed by atoms with Crippen molar-refractivity contribution in [3.05, 3.63) is 0 Å². The van der Waals surface area contributed by atoms with E-state index in [9.17, 15) is 14.9 Å². The van der Waals surface area contributed by atoms with E-state index >= 15 is 0 Å². The van der Waals surface area contributed by atoms with E-state index in [1.807, 2.05) is 6.92 Å². The van der Waals surface area contributed by atoms with Crippen molar-refractivity contribution in [2.75, 3.05) is 7.11 Å². The topological polar surface area (TPSA) is 79.2 Å². The first kappa shape index (κ1) is 14.5. The fourth-order valence-corrected chi connectivity index (χ4v) is 2.37. The Balaban J connectivity index is 2.40. The number of nitrogens with one attached hydrogen (secondary N) is 1. The molecule has 1 rings (SSSR count). The van der Waals surface area contributed by atoms with Crippen molar-refractivity contribution in [1.82, 2.24) is 5.32 Å². The fraction of sp³-hybridized carbons (Fsp3) is 0.769. The van der Waals surface area contributed by atoms with E-state index in [4.69, 9.17) is 0 Å². The van der Waals surface area contributed by atoms with Gasteiger partial charge >= 0.3 is 5.97 Å². The molecular weight excluding hydrogens is 232 g/mol. The van der Waals surface area contributed by atoms with Crippen molar-refractivity contribution < 1.29 is 14.3 Å². The largest absolute Gasteiger partial charge is 0.469 e. The van der Waals surface area contributed by atoms with Crippen LogP contribution in [0.5, 0.6) is 0 Å². The van der Waals surface area contributed by atoms with Gasteiger partial charge in [0.2, 0.25) is 5.91 Å². The highest BCUT2D eigenvalue weighted by Gasteiger charge is 2.41. The molecule has 1 aliphatic carbocycles. The number of ether oxygens (including phenoxy) is 1. The molecule has 1 aliphatic rings. The monoisotopic (exact) mass is 252 g/mol. The van der Waals surface area contributed by atoms with E-state index in [-0.39, 0.29) is 30.6 Å². The molecule has 1 fully saturated rings. The third-order valence-corrected chi connectivity index (χ3v) is 3.62. The first-order chi connectivity index (χ1) is 8.54. The molecule has 0 aromatic heterocycles. The molecule has 0 aromatic carbocycles. The van der Waals surface area contributed by atoms with E-state index in [0.29, 0.717) is 12.8 Å². The number of carbonyl (C=O) groups is 2. The average Bonchev–Trinajstić information content (AvgIpc) is 2.71. The molecule has 0 aliphatic heterocycles. The van der Waals surface area contributed by atoms with Gasteiger partial charge in [-0.25, -0.2) is 0 Å². The van der Waals surface area contributed by atoms with Gasteiger partial charge in [0.15, 0.2) is 0 Å². The fourth-order valence-electron chi connectivity index (χ4n) is 2.37. The minimum Gasteiger partial charge on any atom is -0.469 e. The Morgan fingerprint density at radius 1 is 1.50 bits per heavy atom. The Kier molecular flexibility index (Phi) is 5.14. The van der Waals surface area contributed by atoms with E-state index in [2.05, 4.69) is 16.1 Å². The lowest BCUT2D eigenvalue weighted by molar-refractivity contribution is -0.140. The summed E-state index contributed by atoms with van der Waals surface area (Å²) in [5.74, 6) is -0.284. The summed E-state index contributed by atoms with van der Waals surface area (Å²) in [5, 5.41) is 12.1. The molecule has 0 heterocycles. The van der Waals surface area contributed by atoms with Crippen LogP contribution in [-0.4, -0.2) is 24.5 Å². The lowest BCUT2D eigenvalue weighted by Crippen LogP contribution is -2.49. The van der Waals surface area contributed by atoms with Gasteiger partial charge in [-0.15, -0.1) is 0 Å². The first-order valence-electron chi connectivity index (χ1n) is 6.33. The third-order valence-electron chi connectivity index (χ3n) is 3.62. The lowest BCUT2D eigenvalue weighted by atomic mass is 9.89. The highest BCUT2D eigenvalue weighted by Crippen LogP contribution is 2.34. The van der Waals surface area contributed by atoms with Gasteiger partial charge in [-0.1, -0.05) is 6.92 Å². The number of hydrogen-bond acceptors (Lipinski definition) is 4. The normalized spacial score (nSPS) is 26.4. The summed E-state index contributed by atoms with van der Waals surface area (Å²) in [6, 6.07) is 2.24. The Hall–Kier alpha value is -1.57. The molecule has 0 bridgehead atoms. The van der Waals surface area contributed by atoms with E-state index < -0.39 is 5.54 Å². The van der Waals surface area contributed by atoms with Crippen LogP contribution in [0.2, 0.25) is 0 Å². The maximum Gasteiger partial charge on any atom is 0.305 e. The lowest BCUT2D eigenvalue weighted by Gasteiger charge is -2.27. The van der Waals surface area contributed by atoms with Gasteiger partial charge in [0.1, 0.15) is 5.54 Å². The smallest absolute Gasteiger partial charge is 0.305 e. The molecule has 0 unspecified atom stereocenters. The number of esters is 1. The quantitative estimate of drug-likeness (QED) is 0.752. The van der Waals surface area contributed by atoms with Crippen LogP contribution in [0.3, 0.4) is 0 Å². The second-order valence-corrected chi connectivity index (χ2v) is 4.85. The number of hydrogen-bond donors (Lipinski definition) is 1. The molecule has 1 amide bonds. The SMILES string of the molecule is COC(=O)CCCC(=O)N[C@]1(C#N)CCC[C@@H]1C. The number of methoxy groups -OCH3 is 1. The summed E-state index contributed by atoms with van der Waals surface area (Å²) >= 11 is 0. The summed E-state index contributed by atoms with van der Waals surface area (Å²) in [5.41, 5.74) is -0.706. The van der Waals surface area contributed by atoms with Crippen LogP contribution in [0.1, 0.15) is 45.4 Å². The molecule has 1 N–H and O–H groups in total. The Morgan fingerprint density at radius 2 is 2.22 bits per heavy atom. The van der Waals surface area contributed by atoms with Gasteiger partial charge < -0.3 is 10.1 Å². The maximum atomic E-state index is 11.8. The Morgan fingerprint density at radius 3 is 2.72 bits per heavy atom. The standard InChI is InChI=1S/C13H20N2O3/c1-10-5-4-8-13(10,9-14)15-11(16)6-3-7-12(17)18-2/h10H,3-8H2,1-2H3,(H,15,16)/t10-,13-/m0/s1. The second-order valence-electron chi connectivity index (χ2n) is 4.85. The van der Waals surface area contributed by atoms with Gasteiger partial charge in [-0.2, -0.15) is 5.26 Å². The number of carbonyl (C=O) groups excluding carboxylic acids is 2. The molecule has 0 spiro atoms. The molecule has 5 nitrogen and oxygen atoms in total. The zero-order chi connectivity index (χ0) is 13.6. The van der Waals surface area contributed by atoms with Gasteiger partial charge in [0.05, 0.1) is 13.2 Å². The Labute approximate surface area is 107 Å². The predicted molar refractivity (Wildman–Crippen MR) is 65.4 cm³/mol. The molecule has 1 saturated carbocycles. The molecule has 0 saturated heterocycles. The third kappa shape index (κ3) is 3.46. The highest BCUT2D eigenvalue weighted by molar-refractivity contribution is 5.78. The number of nitriles is 1. The molecule has 0 radical (unpaired) electrons. The molecule has 100 valence electrons. The average molecular weight is 252 g/mol. The minimum atomic E-state index is -0.706. The van der Waals surface area contributed by atoms with Gasteiger partial charge in [0.25, 0.3) is 0 Å². The van der Waals surface area contributed by atoms with Crippen molar-refractivity contribution in [2.45, 2.75) is 51.0 Å². The van der Waals surface area contributed by atoms with Crippen molar-refractivity contribution in [2.24, 2.45) is 5.92 Å². The van der Waals surface area contributed by atoms with Crippen molar-refractivity contribution in [1.29, 1.82) is 5.26 Å². The van der Waals surface area contributed by atoms with Crippen LogP contribution in [0.4, 0.5) is 0 Å². The van der Waals surface area contributed by atoms with Crippen molar-refractivity contribution in [3.63, 3.8) is 0 Å². The number of rotatable bonds is 5. The summed E-state index contributed by atoms with van der Waals surface area (Å²) in [6.07, 6.45) is 3.60. The molecule has 0 aromatic rings. The summed E-state index contributed by atoms with van der Waals surface area (Å²) in [6.45, 7) is 1.99. The zero-order valence-corrected chi connectivity index (χ0v) is 11.0. The van der Waals surface area contributed by atoms with E-state index in [1.165, 1.54) is 7.11 Å². The Bertz CT molecular complexity index is 362. The van der Waals surface area contributed by atoms with Crippen molar-refractivity contribution in [3.8, 4) is 6.07 Å². The molecule has 18 heavy (non-hydrogen) atoms. The van der Waals surface area contributed by atoms with Gasteiger partial charge in [-0.3, -0.25) is 9.59 Å². The maximum absolute atomic E-state index is 11.8. The summed E-state index contributed by atoms with van der Waals surface area (Å²) < 4.78 is 4.50. The van der Waals surface area contributed by atoms with Crippen LogP contribution in [-0.2, 0) is 14.3 Å². The van der Waals surface area contributed by atoms with Crippen LogP contribution in [0.25, 0.3) is 0 Å². The van der Waals surface area contributed by atoms with Gasteiger partial charge in [0, 0.05) is 12.8 Å². The van der Waals surface area contributed by atoms with Gasteiger partial charge in [-0.05, 0) is 31.6 Å². The first-order valence-corrected chi connectivity index (χ1v) is 6.33. The minimum absolute atomic E-state index is 0.158. The summed E-state index contributed by atoms with van der Waals surface area (Å²) in [4.78, 5) is 22.7. The molecule has 5 heteroatoms. The predicted octanol–water partition coefficient (Wildman–Crippen LogP) is 1.53. The number of amides is 1. The number of nitrogens with zero attached hydrogens (tertiary/aromatic N) is 1. The van der Waals surface area contributed by atoms with Crippen LogP contribution in [0, 0.1) is 17.2 Å². The van der Waals surface area contributed by atoms with E-state index in [1.54, 1.807) is 0 Å². The summed E-state index contributed by atoms with van der Waals surface area (Å²) in [7, 11) is 1.33. The highest BCUT2D eigenvalue weighted by atomic mass is 16.5. The van der Waals surface area contributed by atoms with Crippen molar-refractivity contribution >= 4 is 11.9 Å². The molecular formula is C13H20N2O3. The second kappa shape index (κ2) is 6.39.